The molecule has 0 radical (unpaired) electrons. The van der Waals surface area contributed by atoms with E-state index in [4.69, 9.17) is 11.6 Å². The lowest BCUT2D eigenvalue weighted by Crippen LogP contribution is -2.26. The molecule has 1 aromatic rings. The van der Waals surface area contributed by atoms with Gasteiger partial charge >= 0.3 is 5.92 Å². The van der Waals surface area contributed by atoms with Crippen LogP contribution in [-0.2, 0) is 5.92 Å². The molecule has 0 saturated carbocycles. The van der Waals surface area contributed by atoms with Crippen LogP contribution in [-0.4, -0.2) is 11.2 Å². The van der Waals surface area contributed by atoms with Gasteiger partial charge in [0, 0.05) is 6.20 Å². The summed E-state index contributed by atoms with van der Waals surface area (Å²) < 4.78 is 38.5. The number of rotatable bonds is 2. The van der Waals surface area contributed by atoms with Crippen molar-refractivity contribution in [2.45, 2.75) is 19.0 Å². The Bertz CT molecular complexity index is 301. The molecule has 1 aromatic heterocycles. The molecule has 0 aliphatic carbocycles. The zero-order chi connectivity index (χ0) is 10.1. The minimum atomic E-state index is -3.63. The number of hydrogen-bond acceptors (Lipinski definition) is 1. The summed E-state index contributed by atoms with van der Waals surface area (Å²) in [6.45, 7) is 0.769. The smallest absolute Gasteiger partial charge is 0.253 e. The van der Waals surface area contributed by atoms with Crippen LogP contribution in [0.4, 0.5) is 13.2 Å². The summed E-state index contributed by atoms with van der Waals surface area (Å²) in [7, 11) is 0. The highest BCUT2D eigenvalue weighted by atomic mass is 35.5. The first kappa shape index (κ1) is 10.3. The first-order valence-electron chi connectivity index (χ1n) is 3.59. The third kappa shape index (κ3) is 1.94. The van der Waals surface area contributed by atoms with E-state index in [0.717, 1.165) is 13.1 Å². The van der Waals surface area contributed by atoms with Gasteiger partial charge in [0.1, 0.15) is 5.69 Å². The molecule has 5 heteroatoms. The first-order valence-corrected chi connectivity index (χ1v) is 3.97. The van der Waals surface area contributed by atoms with Gasteiger partial charge < -0.3 is 0 Å². The predicted molar refractivity (Wildman–Crippen MR) is 43.7 cm³/mol. The van der Waals surface area contributed by atoms with Crippen LogP contribution in [0, 0.1) is 0 Å². The summed E-state index contributed by atoms with van der Waals surface area (Å²) in [6.07, 6.45) is -1.16. The predicted octanol–water partition coefficient (Wildman–Crippen LogP) is 3.18. The van der Waals surface area contributed by atoms with Crippen molar-refractivity contribution in [1.29, 1.82) is 0 Å². The van der Waals surface area contributed by atoms with Crippen LogP contribution in [0.5, 0.6) is 0 Å². The van der Waals surface area contributed by atoms with Crippen LogP contribution in [0.15, 0.2) is 18.3 Å². The van der Waals surface area contributed by atoms with Gasteiger partial charge in [0.25, 0.3) is 0 Å². The topological polar surface area (TPSA) is 12.9 Å². The van der Waals surface area contributed by atoms with Crippen LogP contribution in [0.25, 0.3) is 0 Å². The second-order valence-corrected chi connectivity index (χ2v) is 2.98. The van der Waals surface area contributed by atoms with Crippen molar-refractivity contribution in [1.82, 2.24) is 4.98 Å². The zero-order valence-corrected chi connectivity index (χ0v) is 7.52. The molecular formula is C8H7ClF3N. The molecule has 72 valence electrons. The molecule has 0 saturated heterocycles. The van der Waals surface area contributed by atoms with E-state index in [2.05, 4.69) is 4.98 Å². The fourth-order valence-electron chi connectivity index (χ4n) is 0.819. The molecule has 1 rings (SSSR count). The maximum Gasteiger partial charge on any atom is 0.321 e. The number of nitrogens with zero attached hydrogens (tertiary/aromatic N) is 1. The van der Waals surface area contributed by atoms with Crippen molar-refractivity contribution >= 4 is 11.6 Å². The minimum absolute atomic E-state index is 0.225. The van der Waals surface area contributed by atoms with Gasteiger partial charge in [-0.25, -0.2) is 4.39 Å². The lowest BCUT2D eigenvalue weighted by Gasteiger charge is -2.17. The SMILES string of the molecule is CC(F)C(F)(F)c1ncccc1Cl. The Morgan fingerprint density at radius 3 is 2.62 bits per heavy atom. The fourth-order valence-corrected chi connectivity index (χ4v) is 1.07. The van der Waals surface area contributed by atoms with Gasteiger partial charge in [-0.05, 0) is 19.1 Å². The van der Waals surface area contributed by atoms with Crippen molar-refractivity contribution in [3.8, 4) is 0 Å². The highest BCUT2D eigenvalue weighted by Crippen LogP contribution is 2.35. The quantitative estimate of drug-likeness (QED) is 0.729. The van der Waals surface area contributed by atoms with Crippen molar-refractivity contribution in [2.24, 2.45) is 0 Å². The molecule has 0 amide bonds. The normalized spacial score (nSPS) is 14.2. The highest BCUT2D eigenvalue weighted by molar-refractivity contribution is 6.31. The van der Waals surface area contributed by atoms with Gasteiger partial charge in [0.2, 0.25) is 0 Å². The Balaban J connectivity index is 3.14. The van der Waals surface area contributed by atoms with E-state index in [9.17, 15) is 13.2 Å². The lowest BCUT2D eigenvalue weighted by atomic mass is 10.1. The van der Waals surface area contributed by atoms with Crippen molar-refractivity contribution < 1.29 is 13.2 Å². The molecule has 13 heavy (non-hydrogen) atoms. The average Bonchev–Trinajstić information content (AvgIpc) is 2.04. The molecule has 0 bridgehead atoms. The van der Waals surface area contributed by atoms with Crippen molar-refractivity contribution in [3.05, 3.63) is 29.0 Å². The molecule has 1 unspecified atom stereocenters. The summed E-state index contributed by atoms with van der Waals surface area (Å²) in [5.41, 5.74) is -0.716. The molecular weight excluding hydrogens is 203 g/mol. The van der Waals surface area contributed by atoms with Crippen LogP contribution < -0.4 is 0 Å². The van der Waals surface area contributed by atoms with Crippen molar-refractivity contribution in [3.63, 3.8) is 0 Å². The second-order valence-electron chi connectivity index (χ2n) is 2.57. The standard InChI is InChI=1S/C8H7ClF3N/c1-5(10)8(11,12)7-6(9)3-2-4-13-7/h2-5H,1H3. The third-order valence-electron chi connectivity index (χ3n) is 1.57. The van der Waals surface area contributed by atoms with E-state index in [1.54, 1.807) is 0 Å². The van der Waals surface area contributed by atoms with Gasteiger partial charge in [-0.2, -0.15) is 8.78 Å². The highest BCUT2D eigenvalue weighted by Gasteiger charge is 2.42. The van der Waals surface area contributed by atoms with E-state index in [1.807, 2.05) is 0 Å². The fraction of sp³-hybridized carbons (Fsp3) is 0.375. The molecule has 0 N–H and O–H groups in total. The number of halogens is 4. The Hall–Kier alpha value is -0.770. The number of alkyl halides is 3. The van der Waals surface area contributed by atoms with Crippen LogP contribution in [0.2, 0.25) is 5.02 Å². The maximum atomic E-state index is 13.0. The summed E-state index contributed by atoms with van der Waals surface area (Å²) in [5, 5.41) is -0.225. The van der Waals surface area contributed by atoms with Gasteiger partial charge in [0.15, 0.2) is 6.17 Å². The van der Waals surface area contributed by atoms with E-state index >= 15 is 0 Å². The molecule has 0 aliphatic heterocycles. The summed E-state index contributed by atoms with van der Waals surface area (Å²) in [4.78, 5) is 3.35. The Kier molecular flexibility index (Phi) is 2.81. The maximum absolute atomic E-state index is 13.0. The Morgan fingerprint density at radius 2 is 2.15 bits per heavy atom. The lowest BCUT2D eigenvalue weighted by molar-refractivity contribution is -0.0747. The first-order chi connectivity index (χ1) is 5.96. The molecule has 1 atom stereocenters. The zero-order valence-electron chi connectivity index (χ0n) is 6.77. The van der Waals surface area contributed by atoms with Gasteiger partial charge in [-0.1, -0.05) is 11.6 Å². The third-order valence-corrected chi connectivity index (χ3v) is 1.88. The number of pyridine rings is 1. The summed E-state index contributed by atoms with van der Waals surface area (Å²) >= 11 is 5.44. The van der Waals surface area contributed by atoms with E-state index in [1.165, 1.54) is 12.1 Å². The van der Waals surface area contributed by atoms with E-state index in [0.29, 0.717) is 0 Å². The molecule has 0 spiro atoms. The Morgan fingerprint density at radius 1 is 1.54 bits per heavy atom. The van der Waals surface area contributed by atoms with E-state index in [-0.39, 0.29) is 5.02 Å². The summed E-state index contributed by atoms with van der Waals surface area (Å²) in [6, 6.07) is 2.66. The molecule has 0 aromatic carbocycles. The van der Waals surface area contributed by atoms with Crippen molar-refractivity contribution in [2.75, 3.05) is 0 Å². The monoisotopic (exact) mass is 209 g/mol. The van der Waals surface area contributed by atoms with E-state index < -0.39 is 17.8 Å². The molecule has 0 aliphatic rings. The van der Waals surface area contributed by atoms with Gasteiger partial charge in [-0.15, -0.1) is 0 Å². The Labute approximate surface area is 78.5 Å². The van der Waals surface area contributed by atoms with Crippen LogP contribution in [0.1, 0.15) is 12.6 Å². The summed E-state index contributed by atoms with van der Waals surface area (Å²) in [5.74, 6) is -3.63. The minimum Gasteiger partial charge on any atom is -0.253 e. The largest absolute Gasteiger partial charge is 0.321 e. The van der Waals surface area contributed by atoms with Crippen LogP contribution in [0.3, 0.4) is 0 Å². The second kappa shape index (κ2) is 3.54. The number of aromatic nitrogens is 1. The molecule has 1 heterocycles. The molecule has 0 fully saturated rings. The van der Waals surface area contributed by atoms with Crippen LogP contribution >= 0.6 is 11.6 Å². The van der Waals surface area contributed by atoms with Gasteiger partial charge in [-0.3, -0.25) is 4.98 Å². The molecule has 1 nitrogen and oxygen atoms in total. The number of hydrogen-bond donors (Lipinski definition) is 0. The average molecular weight is 210 g/mol. The van der Waals surface area contributed by atoms with Gasteiger partial charge in [0.05, 0.1) is 5.02 Å².